The van der Waals surface area contributed by atoms with Crippen molar-refractivity contribution < 1.29 is 10.2 Å². The highest BCUT2D eigenvalue weighted by molar-refractivity contribution is 4.92. The van der Waals surface area contributed by atoms with Crippen LogP contribution in [-0.4, -0.2) is 40.3 Å². The maximum absolute atomic E-state index is 9.28. The van der Waals surface area contributed by atoms with Crippen LogP contribution >= 0.6 is 0 Å². The zero-order valence-corrected chi connectivity index (χ0v) is 6.50. The molecule has 1 saturated heterocycles. The molecule has 2 unspecified atom stereocenters. The summed E-state index contributed by atoms with van der Waals surface area (Å²) >= 11 is 0. The molecule has 0 bridgehead atoms. The quantitative estimate of drug-likeness (QED) is 0.406. The second-order valence-electron chi connectivity index (χ2n) is 3.21. The van der Waals surface area contributed by atoms with Gasteiger partial charge in [-0.05, 0) is 20.9 Å². The molecule has 0 amide bonds. The van der Waals surface area contributed by atoms with E-state index in [1.54, 1.807) is 11.9 Å². The number of aliphatic hydroxyl groups is 2. The Hall–Kier alpha value is -0.160. The van der Waals surface area contributed by atoms with Gasteiger partial charge in [0.2, 0.25) is 0 Å². The minimum absolute atomic E-state index is 0.389. The Morgan fingerprint density at radius 1 is 1.40 bits per heavy atom. The average molecular weight is 146 g/mol. The molecule has 1 aliphatic rings. The van der Waals surface area contributed by atoms with E-state index in [4.69, 9.17) is 5.11 Å². The minimum atomic E-state index is -0.731. The monoisotopic (exact) mass is 146 g/mol. The molecule has 3 N–H and O–H groups in total. The van der Waals surface area contributed by atoms with E-state index in [1.165, 1.54) is 0 Å². The summed E-state index contributed by atoms with van der Waals surface area (Å²) in [5.74, 6) is 0. The van der Waals surface area contributed by atoms with Crippen molar-refractivity contribution in [2.75, 3.05) is 7.05 Å². The van der Waals surface area contributed by atoms with Crippen LogP contribution in [0.25, 0.3) is 0 Å². The lowest BCUT2D eigenvalue weighted by Gasteiger charge is -2.29. The molecule has 0 saturated carbocycles. The fourth-order valence-electron chi connectivity index (χ4n) is 0.965. The van der Waals surface area contributed by atoms with Gasteiger partial charge in [-0.15, -0.1) is 0 Å². The van der Waals surface area contributed by atoms with Crippen molar-refractivity contribution in [1.82, 2.24) is 10.2 Å². The van der Waals surface area contributed by atoms with Gasteiger partial charge in [0, 0.05) is 0 Å². The standard InChI is InChI=1S/C6H14N2O2/c1-6(2)4(9)7-5(10)8(6)3/h4-5,7,9-10H,1-3H3. The lowest BCUT2D eigenvalue weighted by molar-refractivity contribution is -0.00108. The van der Waals surface area contributed by atoms with Crippen molar-refractivity contribution in [2.45, 2.75) is 32.0 Å². The van der Waals surface area contributed by atoms with Crippen LogP contribution in [0.1, 0.15) is 13.8 Å². The van der Waals surface area contributed by atoms with Crippen LogP contribution in [0.5, 0.6) is 0 Å². The fourth-order valence-corrected chi connectivity index (χ4v) is 0.965. The SMILES string of the molecule is CN1C(O)NC(O)C1(C)C. The first-order valence-electron chi connectivity index (χ1n) is 3.31. The first-order chi connectivity index (χ1) is 4.46. The van der Waals surface area contributed by atoms with E-state index in [9.17, 15) is 5.11 Å². The lowest BCUT2D eigenvalue weighted by atomic mass is 10.0. The molecule has 0 aromatic rings. The van der Waals surface area contributed by atoms with Gasteiger partial charge < -0.3 is 10.2 Å². The van der Waals surface area contributed by atoms with E-state index in [2.05, 4.69) is 5.32 Å². The van der Waals surface area contributed by atoms with E-state index >= 15 is 0 Å². The third kappa shape index (κ3) is 0.932. The van der Waals surface area contributed by atoms with Gasteiger partial charge >= 0.3 is 0 Å². The molecule has 0 spiro atoms. The molecule has 0 aromatic carbocycles. The van der Waals surface area contributed by atoms with E-state index < -0.39 is 12.6 Å². The fraction of sp³-hybridized carbons (Fsp3) is 1.00. The number of likely N-dealkylation sites (N-methyl/N-ethyl adjacent to an activating group) is 1. The number of rotatable bonds is 0. The molecule has 0 aromatic heterocycles. The summed E-state index contributed by atoms with van der Waals surface area (Å²) in [5, 5.41) is 21.0. The van der Waals surface area contributed by atoms with Gasteiger partial charge in [-0.25, -0.2) is 0 Å². The van der Waals surface area contributed by atoms with Crippen molar-refractivity contribution >= 4 is 0 Å². The van der Waals surface area contributed by atoms with Crippen LogP contribution in [0, 0.1) is 0 Å². The van der Waals surface area contributed by atoms with E-state index in [0.717, 1.165) is 0 Å². The summed E-state index contributed by atoms with van der Waals surface area (Å²) in [6.07, 6.45) is -1.39. The Labute approximate surface area is 60.5 Å². The van der Waals surface area contributed by atoms with Crippen molar-refractivity contribution in [3.8, 4) is 0 Å². The molecule has 10 heavy (non-hydrogen) atoms. The van der Waals surface area contributed by atoms with Gasteiger partial charge in [-0.3, -0.25) is 10.2 Å². The summed E-state index contributed by atoms with van der Waals surface area (Å²) in [7, 11) is 1.76. The molecule has 0 radical (unpaired) electrons. The van der Waals surface area contributed by atoms with Crippen LogP contribution in [0.15, 0.2) is 0 Å². The summed E-state index contributed by atoms with van der Waals surface area (Å²) in [5.41, 5.74) is -0.389. The summed E-state index contributed by atoms with van der Waals surface area (Å²) < 4.78 is 0. The summed E-state index contributed by atoms with van der Waals surface area (Å²) in [6, 6.07) is 0. The van der Waals surface area contributed by atoms with E-state index in [-0.39, 0.29) is 5.54 Å². The largest absolute Gasteiger partial charge is 0.377 e. The van der Waals surface area contributed by atoms with Crippen molar-refractivity contribution in [1.29, 1.82) is 0 Å². The first kappa shape index (κ1) is 7.94. The number of nitrogens with zero attached hydrogens (tertiary/aromatic N) is 1. The van der Waals surface area contributed by atoms with Crippen LogP contribution < -0.4 is 5.32 Å². The van der Waals surface area contributed by atoms with Crippen LogP contribution in [-0.2, 0) is 0 Å². The summed E-state index contributed by atoms with van der Waals surface area (Å²) in [4.78, 5) is 1.68. The Bertz CT molecular complexity index is 138. The highest BCUT2D eigenvalue weighted by Gasteiger charge is 2.42. The molecule has 1 rings (SSSR count). The van der Waals surface area contributed by atoms with Gasteiger partial charge in [-0.2, -0.15) is 0 Å². The minimum Gasteiger partial charge on any atom is -0.377 e. The van der Waals surface area contributed by atoms with Gasteiger partial charge in [-0.1, -0.05) is 0 Å². The predicted octanol–water partition coefficient (Wildman–Crippen LogP) is -1.11. The lowest BCUT2D eigenvalue weighted by Crippen LogP contribution is -2.44. The summed E-state index contributed by atoms with van der Waals surface area (Å²) in [6.45, 7) is 3.72. The highest BCUT2D eigenvalue weighted by atomic mass is 16.3. The molecular weight excluding hydrogens is 132 g/mol. The van der Waals surface area contributed by atoms with Gasteiger partial charge in [0.1, 0.15) is 6.23 Å². The average Bonchev–Trinajstić information content (AvgIpc) is 1.97. The van der Waals surface area contributed by atoms with Gasteiger partial charge in [0.25, 0.3) is 0 Å². The number of aliphatic hydroxyl groups excluding tert-OH is 2. The molecule has 0 aliphatic carbocycles. The Morgan fingerprint density at radius 2 is 1.90 bits per heavy atom. The second-order valence-corrected chi connectivity index (χ2v) is 3.21. The smallest absolute Gasteiger partial charge is 0.165 e. The Balaban J connectivity index is 2.75. The third-order valence-corrected chi connectivity index (χ3v) is 2.25. The topological polar surface area (TPSA) is 55.7 Å². The third-order valence-electron chi connectivity index (χ3n) is 2.25. The zero-order valence-electron chi connectivity index (χ0n) is 6.50. The zero-order chi connectivity index (χ0) is 7.94. The Kier molecular flexibility index (Phi) is 1.72. The number of hydrogen-bond donors (Lipinski definition) is 3. The molecule has 1 aliphatic heterocycles. The van der Waals surface area contributed by atoms with Crippen LogP contribution in [0.2, 0.25) is 0 Å². The maximum Gasteiger partial charge on any atom is 0.165 e. The molecule has 4 heteroatoms. The number of hydrogen-bond acceptors (Lipinski definition) is 4. The maximum atomic E-state index is 9.28. The molecule has 4 nitrogen and oxygen atoms in total. The van der Waals surface area contributed by atoms with E-state index in [1.807, 2.05) is 13.8 Å². The normalized spacial score (nSPS) is 40.5. The first-order valence-corrected chi connectivity index (χ1v) is 3.31. The second kappa shape index (κ2) is 2.17. The molecule has 2 atom stereocenters. The van der Waals surface area contributed by atoms with Crippen LogP contribution in [0.3, 0.4) is 0 Å². The van der Waals surface area contributed by atoms with Crippen molar-refractivity contribution in [3.05, 3.63) is 0 Å². The highest BCUT2D eigenvalue weighted by Crippen LogP contribution is 2.22. The molecule has 60 valence electrons. The van der Waals surface area contributed by atoms with Crippen molar-refractivity contribution in [3.63, 3.8) is 0 Å². The van der Waals surface area contributed by atoms with E-state index in [0.29, 0.717) is 0 Å². The van der Waals surface area contributed by atoms with Gasteiger partial charge in [0.05, 0.1) is 5.54 Å². The molecular formula is C6H14N2O2. The van der Waals surface area contributed by atoms with Gasteiger partial charge in [0.15, 0.2) is 6.35 Å². The number of nitrogens with one attached hydrogen (secondary N) is 1. The van der Waals surface area contributed by atoms with Crippen molar-refractivity contribution in [2.24, 2.45) is 0 Å². The predicted molar refractivity (Wildman–Crippen MR) is 37.0 cm³/mol. The molecule has 1 heterocycles. The molecule has 1 fully saturated rings. The van der Waals surface area contributed by atoms with Crippen LogP contribution in [0.4, 0.5) is 0 Å². The Morgan fingerprint density at radius 3 is 2.00 bits per heavy atom.